The van der Waals surface area contributed by atoms with Crippen LogP contribution >= 0.6 is 0 Å². The fourth-order valence-corrected chi connectivity index (χ4v) is 1.30. The number of carbonyl (C=O) groups is 1. The Morgan fingerprint density at radius 3 is 3.00 bits per heavy atom. The lowest BCUT2D eigenvalue weighted by molar-refractivity contribution is -0.118. The number of amides is 1. The van der Waals surface area contributed by atoms with Gasteiger partial charge in [0, 0.05) is 19.0 Å². The third-order valence-electron chi connectivity index (χ3n) is 2.14. The van der Waals surface area contributed by atoms with E-state index in [1.54, 1.807) is 18.2 Å². The molecule has 1 aromatic rings. The Hall–Kier alpha value is -2.28. The molecule has 2 N–H and O–H groups in total. The Morgan fingerprint density at radius 2 is 2.35 bits per heavy atom. The fourth-order valence-electron chi connectivity index (χ4n) is 1.30. The lowest BCUT2D eigenvalue weighted by Gasteiger charge is -2.00. The number of benzene rings is 1. The smallest absolute Gasteiger partial charge is 0.216 e. The van der Waals surface area contributed by atoms with Crippen molar-refractivity contribution in [2.75, 3.05) is 6.54 Å². The van der Waals surface area contributed by atoms with Gasteiger partial charge in [-0.25, -0.2) is 0 Å². The van der Waals surface area contributed by atoms with Crippen LogP contribution in [-0.4, -0.2) is 17.6 Å². The predicted octanol–water partition coefficient (Wildman–Crippen LogP) is 1.80. The fraction of sp³-hybridized carbons (Fsp3) is 0.231. The van der Waals surface area contributed by atoms with Gasteiger partial charge in [-0.15, -0.1) is 0 Å². The molecule has 4 heteroatoms. The minimum Gasteiger partial charge on any atom is -0.507 e. The first-order valence-electron chi connectivity index (χ1n) is 5.27. The number of hydrogen-bond donors (Lipinski definition) is 2. The van der Waals surface area contributed by atoms with E-state index < -0.39 is 0 Å². The minimum absolute atomic E-state index is 0.0623. The van der Waals surface area contributed by atoms with Gasteiger partial charge in [0.2, 0.25) is 5.91 Å². The van der Waals surface area contributed by atoms with E-state index in [-0.39, 0.29) is 11.7 Å². The van der Waals surface area contributed by atoms with Crippen molar-refractivity contribution in [2.24, 2.45) is 0 Å². The van der Waals surface area contributed by atoms with Crippen LogP contribution in [-0.2, 0) is 4.79 Å². The molecule has 17 heavy (non-hydrogen) atoms. The molecular formula is C13H14N2O2. The van der Waals surface area contributed by atoms with Crippen LogP contribution in [0.3, 0.4) is 0 Å². The molecule has 0 saturated carbocycles. The quantitative estimate of drug-likeness (QED) is 0.775. The molecule has 0 aliphatic rings. The summed E-state index contributed by atoms with van der Waals surface area (Å²) in [4.78, 5) is 10.6. The molecule has 0 spiro atoms. The van der Waals surface area contributed by atoms with E-state index in [9.17, 15) is 9.90 Å². The first-order valence-corrected chi connectivity index (χ1v) is 5.27. The highest BCUT2D eigenvalue weighted by Gasteiger charge is 1.98. The van der Waals surface area contributed by atoms with E-state index >= 15 is 0 Å². The van der Waals surface area contributed by atoms with E-state index in [4.69, 9.17) is 5.26 Å². The number of phenolic OH excluding ortho intramolecular Hbond substituents is 1. The highest BCUT2D eigenvalue weighted by Crippen LogP contribution is 2.19. The van der Waals surface area contributed by atoms with Crippen molar-refractivity contribution < 1.29 is 9.90 Å². The van der Waals surface area contributed by atoms with Crippen molar-refractivity contribution >= 4 is 12.0 Å². The summed E-state index contributed by atoms with van der Waals surface area (Å²) in [6, 6.07) is 6.68. The van der Waals surface area contributed by atoms with Gasteiger partial charge in [-0.1, -0.05) is 12.2 Å². The Kier molecular flexibility index (Phi) is 4.77. The second-order valence-electron chi connectivity index (χ2n) is 3.56. The van der Waals surface area contributed by atoms with Gasteiger partial charge < -0.3 is 10.4 Å². The molecule has 0 heterocycles. The lowest BCUT2D eigenvalue weighted by atomic mass is 10.1. The SMILES string of the molecule is CC(=O)NCCC=Cc1cc(C#N)ccc1O. The van der Waals surface area contributed by atoms with Gasteiger partial charge in [0.15, 0.2) is 0 Å². The number of phenols is 1. The number of nitrogens with one attached hydrogen (secondary N) is 1. The number of aromatic hydroxyl groups is 1. The molecule has 1 aromatic carbocycles. The van der Waals surface area contributed by atoms with Gasteiger partial charge in [0.25, 0.3) is 0 Å². The van der Waals surface area contributed by atoms with E-state index in [1.165, 1.54) is 13.0 Å². The molecule has 0 atom stereocenters. The summed E-state index contributed by atoms with van der Waals surface area (Å²) in [5.41, 5.74) is 1.11. The summed E-state index contributed by atoms with van der Waals surface area (Å²) in [6.45, 7) is 2.02. The molecule has 0 fully saturated rings. The molecule has 1 rings (SSSR count). The van der Waals surface area contributed by atoms with Crippen molar-refractivity contribution in [3.63, 3.8) is 0 Å². The normalized spacial score (nSPS) is 10.1. The van der Waals surface area contributed by atoms with Gasteiger partial charge >= 0.3 is 0 Å². The second-order valence-corrected chi connectivity index (χ2v) is 3.56. The largest absolute Gasteiger partial charge is 0.507 e. The molecule has 4 nitrogen and oxygen atoms in total. The molecule has 88 valence electrons. The molecule has 0 aromatic heterocycles. The highest BCUT2D eigenvalue weighted by molar-refractivity contribution is 5.72. The number of nitrogens with zero attached hydrogens (tertiary/aromatic N) is 1. The van der Waals surface area contributed by atoms with Gasteiger partial charge in [0.05, 0.1) is 11.6 Å². The molecule has 0 radical (unpaired) electrons. The maximum absolute atomic E-state index is 10.6. The highest BCUT2D eigenvalue weighted by atomic mass is 16.3. The summed E-state index contributed by atoms with van der Waals surface area (Å²) < 4.78 is 0. The first-order chi connectivity index (χ1) is 8.13. The first kappa shape index (κ1) is 12.8. The summed E-state index contributed by atoms with van der Waals surface area (Å²) >= 11 is 0. The van der Waals surface area contributed by atoms with Crippen LogP contribution in [0.15, 0.2) is 24.3 Å². The number of nitriles is 1. The number of carbonyl (C=O) groups excluding carboxylic acids is 1. The molecular weight excluding hydrogens is 216 g/mol. The lowest BCUT2D eigenvalue weighted by Crippen LogP contribution is -2.20. The van der Waals surface area contributed by atoms with E-state index in [2.05, 4.69) is 5.32 Å². The summed E-state index contributed by atoms with van der Waals surface area (Å²) in [5, 5.41) is 20.9. The number of rotatable bonds is 4. The maximum Gasteiger partial charge on any atom is 0.216 e. The Morgan fingerprint density at radius 1 is 1.59 bits per heavy atom. The van der Waals surface area contributed by atoms with E-state index in [1.807, 2.05) is 12.1 Å². The van der Waals surface area contributed by atoms with Crippen LogP contribution in [0.2, 0.25) is 0 Å². The molecule has 0 aliphatic heterocycles. The molecule has 0 saturated heterocycles. The third-order valence-corrected chi connectivity index (χ3v) is 2.14. The van der Waals surface area contributed by atoms with Gasteiger partial charge in [0.1, 0.15) is 5.75 Å². The monoisotopic (exact) mass is 230 g/mol. The second kappa shape index (κ2) is 6.33. The summed E-state index contributed by atoms with van der Waals surface area (Å²) in [7, 11) is 0. The molecule has 0 bridgehead atoms. The Balaban J connectivity index is 2.59. The van der Waals surface area contributed by atoms with E-state index in [0.29, 0.717) is 24.1 Å². The van der Waals surface area contributed by atoms with Crippen molar-refractivity contribution in [1.29, 1.82) is 5.26 Å². The molecule has 0 aliphatic carbocycles. The number of hydrogen-bond acceptors (Lipinski definition) is 3. The van der Waals surface area contributed by atoms with Gasteiger partial charge in [-0.3, -0.25) is 4.79 Å². The average Bonchev–Trinajstić information content (AvgIpc) is 2.30. The van der Waals surface area contributed by atoms with Crippen LogP contribution in [0.5, 0.6) is 5.75 Å². The van der Waals surface area contributed by atoms with Crippen molar-refractivity contribution in [1.82, 2.24) is 5.32 Å². The third kappa shape index (κ3) is 4.39. The molecule has 1 amide bonds. The zero-order chi connectivity index (χ0) is 12.7. The van der Waals surface area contributed by atoms with Crippen LogP contribution in [0, 0.1) is 11.3 Å². The van der Waals surface area contributed by atoms with Crippen molar-refractivity contribution in [2.45, 2.75) is 13.3 Å². The summed E-state index contributed by atoms with van der Waals surface area (Å²) in [6.07, 6.45) is 4.25. The Bertz CT molecular complexity index is 473. The van der Waals surface area contributed by atoms with Crippen LogP contribution in [0.1, 0.15) is 24.5 Å². The van der Waals surface area contributed by atoms with Gasteiger partial charge in [-0.05, 0) is 24.6 Å². The van der Waals surface area contributed by atoms with Crippen LogP contribution in [0.4, 0.5) is 0 Å². The average molecular weight is 230 g/mol. The zero-order valence-electron chi connectivity index (χ0n) is 9.60. The van der Waals surface area contributed by atoms with Crippen LogP contribution in [0.25, 0.3) is 6.08 Å². The van der Waals surface area contributed by atoms with E-state index in [0.717, 1.165) is 0 Å². The predicted molar refractivity (Wildman–Crippen MR) is 65.2 cm³/mol. The van der Waals surface area contributed by atoms with Crippen LogP contribution < -0.4 is 5.32 Å². The maximum atomic E-state index is 10.6. The zero-order valence-corrected chi connectivity index (χ0v) is 9.60. The standard InChI is InChI=1S/C13H14N2O2/c1-10(16)15-7-3-2-4-12-8-11(9-14)5-6-13(12)17/h2,4-6,8,17H,3,7H2,1H3,(H,15,16). The minimum atomic E-state index is -0.0623. The van der Waals surface area contributed by atoms with Crippen molar-refractivity contribution in [3.05, 3.63) is 35.4 Å². The van der Waals surface area contributed by atoms with Gasteiger partial charge in [-0.2, -0.15) is 5.26 Å². The topological polar surface area (TPSA) is 73.1 Å². The van der Waals surface area contributed by atoms with Crippen molar-refractivity contribution in [3.8, 4) is 11.8 Å². The molecule has 0 unspecified atom stereocenters. The Labute approximate surface area is 100 Å². The summed E-state index contributed by atoms with van der Waals surface area (Å²) in [5.74, 6) is 0.0764.